The number of nitrogens with zero attached hydrogens (tertiary/aromatic N) is 2. The number of carbonyl (C=O) groups excluding carboxylic acids is 2. The van der Waals surface area contributed by atoms with E-state index >= 15 is 0 Å². The Bertz CT molecular complexity index is 1200. The molecule has 0 radical (unpaired) electrons. The Morgan fingerprint density at radius 3 is 2.19 bits per heavy atom. The number of ether oxygens (including phenoxy) is 4. The number of hydrogen-bond acceptors (Lipinski definition) is 8. The summed E-state index contributed by atoms with van der Waals surface area (Å²) in [5.74, 6) is -0.449. The van der Waals surface area contributed by atoms with E-state index < -0.39 is 11.9 Å². The van der Waals surface area contributed by atoms with Crippen LogP contribution in [0.2, 0.25) is 0 Å². The van der Waals surface area contributed by atoms with E-state index in [1.54, 1.807) is 30.3 Å². The summed E-state index contributed by atoms with van der Waals surface area (Å²) in [6, 6.07) is 15.2. The van der Waals surface area contributed by atoms with E-state index in [1.165, 1.54) is 38.5 Å². The summed E-state index contributed by atoms with van der Waals surface area (Å²) < 4.78 is 21.1. The summed E-state index contributed by atoms with van der Waals surface area (Å²) in [6.45, 7) is 3.18. The normalized spacial score (nSPS) is 11.1. The van der Waals surface area contributed by atoms with Crippen LogP contribution in [-0.4, -0.2) is 45.9 Å². The van der Waals surface area contributed by atoms with Gasteiger partial charge in [-0.05, 0) is 54.0 Å². The van der Waals surface area contributed by atoms with Crippen LogP contribution in [-0.2, 0) is 14.3 Å². The quantitative estimate of drug-likeness (QED) is 0.157. The zero-order valence-electron chi connectivity index (χ0n) is 20.4. The molecule has 0 saturated heterocycles. The lowest BCUT2D eigenvalue weighted by Gasteiger charge is -2.10. The summed E-state index contributed by atoms with van der Waals surface area (Å²) in [7, 11) is 2.89. The lowest BCUT2D eigenvalue weighted by molar-refractivity contribution is -0.129. The van der Waals surface area contributed by atoms with Gasteiger partial charge in [0.15, 0.2) is 11.5 Å². The number of carbonyl (C=O) groups is 2. The molecule has 0 aromatic heterocycles. The van der Waals surface area contributed by atoms with Gasteiger partial charge in [0, 0.05) is 13.7 Å². The predicted molar refractivity (Wildman–Crippen MR) is 133 cm³/mol. The first-order chi connectivity index (χ1) is 17.4. The molecule has 36 heavy (non-hydrogen) atoms. The van der Waals surface area contributed by atoms with Gasteiger partial charge in [-0.25, -0.2) is 4.79 Å². The molecule has 0 saturated carbocycles. The maximum absolute atomic E-state index is 12.6. The maximum Gasteiger partial charge on any atom is 0.354 e. The Balaban J connectivity index is 2.18. The van der Waals surface area contributed by atoms with Crippen molar-refractivity contribution in [3.8, 4) is 29.4 Å². The van der Waals surface area contributed by atoms with Gasteiger partial charge in [-0.15, -0.1) is 0 Å². The fraction of sp³-hybridized carbons (Fsp3) is 0.259. The predicted octanol–water partition coefficient (Wildman–Crippen LogP) is 3.67. The highest BCUT2D eigenvalue weighted by atomic mass is 16.6. The first-order valence-electron chi connectivity index (χ1n) is 11.1. The van der Waals surface area contributed by atoms with Crippen molar-refractivity contribution >= 4 is 24.0 Å². The molecular weight excluding hydrogens is 462 g/mol. The van der Waals surface area contributed by atoms with E-state index in [1.807, 2.05) is 19.1 Å². The fourth-order valence-electron chi connectivity index (χ4n) is 2.87. The standard InChI is InChI=1S/C27H27N3O6/c1-4-12-35-23-8-5-19(6-9-23)14-22(18-29)27(32)36-24-10-7-20(16-25(24)34-3)15-21(17-28)26(31)30-11-13-33-2/h5-10,14-16H,4,11-13H2,1-3H3,(H,30,31). The van der Waals surface area contributed by atoms with Crippen LogP contribution in [0.15, 0.2) is 53.6 Å². The number of nitriles is 2. The minimum atomic E-state index is -0.861. The zero-order valence-corrected chi connectivity index (χ0v) is 20.4. The van der Waals surface area contributed by atoms with Crippen LogP contribution in [0.25, 0.3) is 12.2 Å². The SMILES string of the molecule is CCCOc1ccc(C=C(C#N)C(=O)Oc2ccc(C=C(C#N)C(=O)NCCOC)cc2OC)cc1. The third-order valence-corrected chi connectivity index (χ3v) is 4.66. The van der Waals surface area contributed by atoms with E-state index in [2.05, 4.69) is 5.32 Å². The number of amides is 1. The van der Waals surface area contributed by atoms with Gasteiger partial charge < -0.3 is 24.3 Å². The van der Waals surface area contributed by atoms with Gasteiger partial charge in [0.25, 0.3) is 5.91 Å². The molecule has 0 aliphatic rings. The highest BCUT2D eigenvalue weighted by Gasteiger charge is 2.16. The van der Waals surface area contributed by atoms with Crippen molar-refractivity contribution in [2.75, 3.05) is 34.0 Å². The summed E-state index contributed by atoms with van der Waals surface area (Å²) in [6.07, 6.45) is 3.68. The molecule has 9 heteroatoms. The molecule has 2 rings (SSSR count). The Labute approximate surface area is 210 Å². The molecule has 0 spiro atoms. The Kier molecular flexibility index (Phi) is 11.2. The molecule has 0 aliphatic carbocycles. The monoisotopic (exact) mass is 489 g/mol. The topological polar surface area (TPSA) is 131 Å². The molecule has 0 unspecified atom stereocenters. The number of rotatable bonds is 12. The minimum Gasteiger partial charge on any atom is -0.494 e. The van der Waals surface area contributed by atoms with Crippen LogP contribution in [0, 0.1) is 22.7 Å². The van der Waals surface area contributed by atoms with E-state index in [4.69, 9.17) is 18.9 Å². The van der Waals surface area contributed by atoms with Crippen molar-refractivity contribution < 1.29 is 28.5 Å². The van der Waals surface area contributed by atoms with Crippen LogP contribution in [0.3, 0.4) is 0 Å². The molecule has 186 valence electrons. The number of methoxy groups -OCH3 is 2. The third kappa shape index (κ3) is 8.32. The van der Waals surface area contributed by atoms with Crippen molar-refractivity contribution in [2.45, 2.75) is 13.3 Å². The van der Waals surface area contributed by atoms with Crippen molar-refractivity contribution in [3.63, 3.8) is 0 Å². The van der Waals surface area contributed by atoms with Crippen LogP contribution >= 0.6 is 0 Å². The van der Waals surface area contributed by atoms with Crippen molar-refractivity contribution in [2.24, 2.45) is 0 Å². The van der Waals surface area contributed by atoms with E-state index in [0.717, 1.165) is 6.42 Å². The van der Waals surface area contributed by atoms with E-state index in [0.29, 0.717) is 30.1 Å². The Morgan fingerprint density at radius 1 is 0.917 bits per heavy atom. The van der Waals surface area contributed by atoms with Crippen LogP contribution < -0.4 is 19.5 Å². The van der Waals surface area contributed by atoms with Crippen molar-refractivity contribution in [3.05, 3.63) is 64.7 Å². The van der Waals surface area contributed by atoms with Gasteiger partial charge >= 0.3 is 5.97 Å². The van der Waals surface area contributed by atoms with E-state index in [9.17, 15) is 20.1 Å². The summed E-state index contributed by atoms with van der Waals surface area (Å²) in [5.41, 5.74) is 0.792. The highest BCUT2D eigenvalue weighted by Crippen LogP contribution is 2.30. The second-order valence-corrected chi connectivity index (χ2v) is 7.31. The highest BCUT2D eigenvalue weighted by molar-refractivity contribution is 6.02. The van der Waals surface area contributed by atoms with Gasteiger partial charge in [-0.3, -0.25) is 4.79 Å². The molecule has 2 aromatic carbocycles. The van der Waals surface area contributed by atoms with Gasteiger partial charge in [-0.1, -0.05) is 25.1 Å². The number of hydrogen-bond donors (Lipinski definition) is 1. The molecule has 2 aromatic rings. The number of esters is 1. The average molecular weight is 490 g/mol. The summed E-state index contributed by atoms with van der Waals surface area (Å²) >= 11 is 0. The molecule has 1 amide bonds. The first kappa shape index (κ1) is 27.6. The molecule has 9 nitrogen and oxygen atoms in total. The van der Waals surface area contributed by atoms with Gasteiger partial charge in [0.05, 0.1) is 20.3 Å². The Morgan fingerprint density at radius 2 is 1.58 bits per heavy atom. The lowest BCUT2D eigenvalue weighted by atomic mass is 10.1. The van der Waals surface area contributed by atoms with Crippen LogP contribution in [0.4, 0.5) is 0 Å². The van der Waals surface area contributed by atoms with Crippen molar-refractivity contribution in [1.82, 2.24) is 5.32 Å². The molecule has 0 atom stereocenters. The smallest absolute Gasteiger partial charge is 0.354 e. The largest absolute Gasteiger partial charge is 0.494 e. The van der Waals surface area contributed by atoms with Gasteiger partial charge in [-0.2, -0.15) is 10.5 Å². The first-order valence-corrected chi connectivity index (χ1v) is 11.1. The maximum atomic E-state index is 12.6. The van der Waals surface area contributed by atoms with E-state index in [-0.39, 0.29) is 29.2 Å². The van der Waals surface area contributed by atoms with Crippen molar-refractivity contribution in [1.29, 1.82) is 10.5 Å². The van der Waals surface area contributed by atoms with Crippen LogP contribution in [0.5, 0.6) is 17.2 Å². The molecule has 1 N–H and O–H groups in total. The summed E-state index contributed by atoms with van der Waals surface area (Å²) in [4.78, 5) is 24.8. The Hall–Kier alpha value is -4.60. The zero-order chi connectivity index (χ0) is 26.3. The second kappa shape index (κ2) is 14.6. The number of nitrogens with one attached hydrogen (secondary N) is 1. The lowest BCUT2D eigenvalue weighted by Crippen LogP contribution is -2.27. The third-order valence-electron chi connectivity index (χ3n) is 4.66. The fourth-order valence-corrected chi connectivity index (χ4v) is 2.87. The average Bonchev–Trinajstić information content (AvgIpc) is 2.90. The molecule has 0 heterocycles. The number of benzene rings is 2. The molecular formula is C27H27N3O6. The molecule has 0 bridgehead atoms. The second-order valence-electron chi connectivity index (χ2n) is 7.31. The van der Waals surface area contributed by atoms with Crippen LogP contribution in [0.1, 0.15) is 24.5 Å². The minimum absolute atomic E-state index is 0.0761. The van der Waals surface area contributed by atoms with Gasteiger partial charge in [0.2, 0.25) is 0 Å². The molecule has 0 fully saturated rings. The molecule has 0 aliphatic heterocycles. The summed E-state index contributed by atoms with van der Waals surface area (Å²) in [5, 5.41) is 21.4. The van der Waals surface area contributed by atoms with Gasteiger partial charge in [0.1, 0.15) is 29.0 Å².